The lowest BCUT2D eigenvalue weighted by atomic mass is 9.83. The molecule has 8 heteroatoms. The molecule has 0 radical (unpaired) electrons. The van der Waals surface area contributed by atoms with Crippen molar-refractivity contribution in [3.05, 3.63) is 35.9 Å². The van der Waals surface area contributed by atoms with Gasteiger partial charge in [0.1, 0.15) is 12.3 Å². The minimum absolute atomic E-state index is 0.00266. The van der Waals surface area contributed by atoms with Crippen molar-refractivity contribution in [3.8, 4) is 5.75 Å². The maximum absolute atomic E-state index is 13.0. The number of likely N-dealkylation sites (N-methyl/N-ethyl adjacent to an activating group) is 1. The minimum Gasteiger partial charge on any atom is -0.497 e. The van der Waals surface area contributed by atoms with Crippen molar-refractivity contribution >= 4 is 17.5 Å². The number of ether oxygens (including phenoxy) is 1. The van der Waals surface area contributed by atoms with Gasteiger partial charge in [-0.2, -0.15) is 13.2 Å². The number of benzene rings is 1. The Bertz CT molecular complexity index is 745. The van der Waals surface area contributed by atoms with E-state index in [-0.39, 0.29) is 6.42 Å². The normalized spacial score (nSPS) is 23.2. The molecule has 0 N–H and O–H groups in total. The molecule has 1 aromatic carbocycles. The van der Waals surface area contributed by atoms with E-state index < -0.39 is 30.1 Å². The number of hydrogen-bond acceptors (Lipinski definition) is 3. The van der Waals surface area contributed by atoms with Crippen molar-refractivity contribution in [2.75, 3.05) is 25.6 Å². The van der Waals surface area contributed by atoms with Gasteiger partial charge in [-0.25, -0.2) is 0 Å². The fraction of sp³-hybridized carbons (Fsp3) is 0.375. The van der Waals surface area contributed by atoms with Gasteiger partial charge in [0.2, 0.25) is 5.91 Å². The van der Waals surface area contributed by atoms with E-state index in [9.17, 15) is 22.8 Å². The second-order valence-electron chi connectivity index (χ2n) is 5.75. The predicted molar refractivity (Wildman–Crippen MR) is 79.6 cm³/mol. The van der Waals surface area contributed by atoms with Crippen LogP contribution in [0.3, 0.4) is 0 Å². The Morgan fingerprint density at radius 3 is 2.62 bits per heavy atom. The van der Waals surface area contributed by atoms with Crippen molar-refractivity contribution in [3.63, 3.8) is 0 Å². The largest absolute Gasteiger partial charge is 0.497 e. The van der Waals surface area contributed by atoms with Gasteiger partial charge >= 0.3 is 6.18 Å². The average Bonchev–Trinajstić information content (AvgIpc) is 2.73. The number of rotatable bonds is 2. The maximum Gasteiger partial charge on any atom is 0.406 e. The number of hydrogen-bond donors (Lipinski definition) is 0. The summed E-state index contributed by atoms with van der Waals surface area (Å²) in [5.74, 6) is -0.915. The topological polar surface area (TPSA) is 49.9 Å². The molecular weight excluding hydrogens is 325 g/mol. The molecule has 128 valence electrons. The number of anilines is 1. The van der Waals surface area contributed by atoms with Crippen molar-refractivity contribution in [1.29, 1.82) is 0 Å². The molecule has 5 nitrogen and oxygen atoms in total. The third kappa shape index (κ3) is 2.24. The summed E-state index contributed by atoms with van der Waals surface area (Å²) in [6.45, 7) is -1.48. The first-order valence-electron chi connectivity index (χ1n) is 7.22. The van der Waals surface area contributed by atoms with Crippen LogP contribution in [-0.4, -0.2) is 43.6 Å². The van der Waals surface area contributed by atoms with E-state index >= 15 is 0 Å². The van der Waals surface area contributed by atoms with Gasteiger partial charge in [-0.1, -0.05) is 12.1 Å². The molecule has 0 saturated heterocycles. The molecule has 2 aliphatic rings. The Morgan fingerprint density at radius 2 is 2.00 bits per heavy atom. The zero-order valence-electron chi connectivity index (χ0n) is 13.1. The van der Waals surface area contributed by atoms with Gasteiger partial charge in [-0.15, -0.1) is 0 Å². The molecule has 3 rings (SSSR count). The quantitative estimate of drug-likeness (QED) is 0.829. The first-order chi connectivity index (χ1) is 11.2. The lowest BCUT2D eigenvalue weighted by Crippen LogP contribution is -2.58. The Morgan fingerprint density at radius 1 is 1.29 bits per heavy atom. The highest BCUT2D eigenvalue weighted by molar-refractivity contribution is 6.10. The average molecular weight is 340 g/mol. The molecule has 0 saturated carbocycles. The second-order valence-corrected chi connectivity index (χ2v) is 5.75. The number of nitrogens with zero attached hydrogens (tertiary/aromatic N) is 2. The van der Waals surface area contributed by atoms with Crippen LogP contribution >= 0.6 is 0 Å². The molecule has 1 atom stereocenters. The highest BCUT2D eigenvalue weighted by atomic mass is 19.4. The van der Waals surface area contributed by atoms with Crippen molar-refractivity contribution in [2.24, 2.45) is 0 Å². The SMILES string of the molecule is COc1ccc2c(c1)N(C)C(=O)C21CC=CC(=O)N1CC(F)(F)F. The Balaban J connectivity index is 2.19. The summed E-state index contributed by atoms with van der Waals surface area (Å²) < 4.78 is 44.1. The zero-order valence-corrected chi connectivity index (χ0v) is 13.1. The number of methoxy groups -OCH3 is 1. The van der Waals surface area contributed by atoms with Gasteiger partial charge in [-0.05, 0) is 12.1 Å². The Hall–Kier alpha value is -2.51. The summed E-state index contributed by atoms with van der Waals surface area (Å²) in [7, 11) is 2.93. The molecule has 2 aliphatic heterocycles. The van der Waals surface area contributed by atoms with Crippen LogP contribution in [0.25, 0.3) is 0 Å². The smallest absolute Gasteiger partial charge is 0.406 e. The molecule has 0 aliphatic carbocycles. The molecule has 2 heterocycles. The van der Waals surface area contributed by atoms with Crippen molar-refractivity contribution in [2.45, 2.75) is 18.1 Å². The summed E-state index contributed by atoms with van der Waals surface area (Å²) in [6, 6.07) is 4.70. The number of fused-ring (bicyclic) bond motifs is 2. The Kier molecular flexibility index (Phi) is 3.58. The number of carbonyl (C=O) groups is 2. The van der Waals surface area contributed by atoms with E-state index in [0.717, 1.165) is 6.08 Å². The highest BCUT2D eigenvalue weighted by Crippen LogP contribution is 2.49. The summed E-state index contributed by atoms with van der Waals surface area (Å²) >= 11 is 0. The van der Waals surface area contributed by atoms with Crippen LogP contribution in [0.5, 0.6) is 5.75 Å². The van der Waals surface area contributed by atoms with Crippen LogP contribution in [0.1, 0.15) is 12.0 Å². The van der Waals surface area contributed by atoms with Crippen molar-refractivity contribution < 1.29 is 27.5 Å². The number of amides is 2. The van der Waals surface area contributed by atoms with Gasteiger partial charge < -0.3 is 14.5 Å². The Labute approximate surface area is 136 Å². The van der Waals surface area contributed by atoms with Gasteiger partial charge in [0.15, 0.2) is 5.54 Å². The van der Waals surface area contributed by atoms with Crippen LogP contribution in [0.2, 0.25) is 0 Å². The van der Waals surface area contributed by atoms with Gasteiger partial charge in [-0.3, -0.25) is 9.59 Å². The van der Waals surface area contributed by atoms with Crippen LogP contribution in [0.15, 0.2) is 30.4 Å². The van der Waals surface area contributed by atoms with Crippen LogP contribution in [-0.2, 0) is 15.1 Å². The summed E-state index contributed by atoms with van der Waals surface area (Å²) in [4.78, 5) is 26.9. The number of halogens is 3. The van der Waals surface area contributed by atoms with E-state index in [4.69, 9.17) is 4.74 Å². The molecule has 1 aromatic rings. The standard InChI is InChI=1S/C16H15F3N2O3/c1-20-12-8-10(24-2)5-6-11(12)15(14(20)23)7-3-4-13(22)21(15)9-16(17,18)19/h3-6,8H,7,9H2,1-2H3. The van der Waals surface area contributed by atoms with E-state index in [1.165, 1.54) is 25.1 Å². The molecule has 0 aromatic heterocycles. The second kappa shape index (κ2) is 5.25. The molecule has 2 amide bonds. The van der Waals surface area contributed by atoms with Crippen molar-refractivity contribution in [1.82, 2.24) is 4.90 Å². The lowest BCUT2D eigenvalue weighted by Gasteiger charge is -2.41. The van der Waals surface area contributed by atoms with Crippen LogP contribution in [0.4, 0.5) is 18.9 Å². The van der Waals surface area contributed by atoms with E-state index in [1.807, 2.05) is 0 Å². The summed E-state index contributed by atoms with van der Waals surface area (Å²) in [5.41, 5.74) is -0.857. The van der Waals surface area contributed by atoms with Crippen LogP contribution < -0.4 is 9.64 Å². The third-order valence-electron chi connectivity index (χ3n) is 4.41. The van der Waals surface area contributed by atoms with Gasteiger partial charge in [0, 0.05) is 25.1 Å². The first-order valence-corrected chi connectivity index (χ1v) is 7.22. The monoisotopic (exact) mass is 340 g/mol. The van der Waals surface area contributed by atoms with Crippen LogP contribution in [0, 0.1) is 0 Å². The third-order valence-corrected chi connectivity index (χ3v) is 4.41. The molecule has 0 bridgehead atoms. The lowest BCUT2D eigenvalue weighted by molar-refractivity contribution is -0.174. The molecule has 24 heavy (non-hydrogen) atoms. The van der Waals surface area contributed by atoms with Gasteiger partial charge in [0.05, 0.1) is 12.8 Å². The number of alkyl halides is 3. The fourth-order valence-corrected chi connectivity index (χ4v) is 3.34. The minimum atomic E-state index is -4.61. The van der Waals surface area contributed by atoms with E-state index in [1.54, 1.807) is 18.2 Å². The molecule has 1 spiro atoms. The summed E-state index contributed by atoms with van der Waals surface area (Å²) in [6.07, 6.45) is -2.09. The fourth-order valence-electron chi connectivity index (χ4n) is 3.34. The first kappa shape index (κ1) is 16.4. The maximum atomic E-state index is 13.0. The molecule has 1 unspecified atom stereocenters. The van der Waals surface area contributed by atoms with E-state index in [2.05, 4.69) is 0 Å². The number of carbonyl (C=O) groups excluding carboxylic acids is 2. The summed E-state index contributed by atoms with van der Waals surface area (Å²) in [5, 5.41) is 0. The molecule has 0 fully saturated rings. The van der Waals surface area contributed by atoms with Gasteiger partial charge in [0.25, 0.3) is 5.91 Å². The zero-order chi connectivity index (χ0) is 17.7. The highest BCUT2D eigenvalue weighted by Gasteiger charge is 2.57. The molecular formula is C16H15F3N2O3. The van der Waals surface area contributed by atoms with E-state index in [0.29, 0.717) is 21.9 Å². The predicted octanol–water partition coefficient (Wildman–Crippen LogP) is 2.22.